The number of esters is 1. The van der Waals surface area contributed by atoms with Crippen molar-refractivity contribution in [2.75, 3.05) is 13.7 Å². The Balaban J connectivity index is 2.01. The maximum absolute atomic E-state index is 11.6. The van der Waals surface area contributed by atoms with E-state index < -0.39 is 0 Å². The van der Waals surface area contributed by atoms with Gasteiger partial charge in [-0.05, 0) is 0 Å². The molecule has 2 rings (SSSR count). The molecule has 86 valence electrons. The molecule has 0 aliphatic carbocycles. The summed E-state index contributed by atoms with van der Waals surface area (Å²) in [6, 6.07) is 10.3. The number of hydrogen-bond acceptors (Lipinski definition) is 3. The number of ether oxygens (including phenoxy) is 1. The van der Waals surface area contributed by atoms with Gasteiger partial charge in [-0.15, -0.1) is 0 Å². The van der Waals surface area contributed by atoms with Crippen molar-refractivity contribution < 1.29 is 9.53 Å². The number of hydrogen-bond donors (Lipinski definition) is 0. The Hall–Kier alpha value is -0.831. The van der Waals surface area contributed by atoms with Gasteiger partial charge in [0, 0.05) is 0 Å². The first-order valence-electron chi connectivity index (χ1n) is 5.39. The molecule has 0 saturated carbocycles. The van der Waals surface area contributed by atoms with Crippen molar-refractivity contribution in [3.05, 3.63) is 30.3 Å². The number of methoxy groups -OCH3 is 1. The third-order valence-electron chi connectivity index (χ3n) is 2.64. The summed E-state index contributed by atoms with van der Waals surface area (Å²) in [6.45, 7) is 1.01. The second-order valence-corrected chi connectivity index (χ2v) is 6.08. The van der Waals surface area contributed by atoms with E-state index in [4.69, 9.17) is 4.74 Å². The fourth-order valence-electron chi connectivity index (χ4n) is 1.84. The van der Waals surface area contributed by atoms with Crippen LogP contribution in [0.2, 0.25) is 0 Å². The third kappa shape index (κ3) is 2.64. The van der Waals surface area contributed by atoms with Crippen molar-refractivity contribution >= 4 is 25.6 Å². The fourth-order valence-corrected chi connectivity index (χ4v) is 4.12. The summed E-state index contributed by atoms with van der Waals surface area (Å²) in [5.74, 6) is -0.0877. The minimum atomic E-state index is -0.0877. The molecule has 1 aliphatic rings. The average Bonchev–Trinajstić information content (AvgIpc) is 2.77. The van der Waals surface area contributed by atoms with Crippen LogP contribution in [0.3, 0.4) is 0 Å². The first-order chi connectivity index (χ1) is 7.81. The summed E-state index contributed by atoms with van der Waals surface area (Å²) >= 11 is 0.233. The second kappa shape index (κ2) is 5.48. The van der Waals surface area contributed by atoms with Gasteiger partial charge in [-0.3, -0.25) is 0 Å². The zero-order valence-corrected chi connectivity index (χ0v) is 11.0. The van der Waals surface area contributed by atoms with E-state index in [1.165, 1.54) is 11.6 Å². The molecule has 0 amide bonds. The minimum absolute atomic E-state index is 0.0230. The normalized spacial score (nSPS) is 20.9. The van der Waals surface area contributed by atoms with Crippen LogP contribution in [0.15, 0.2) is 30.3 Å². The molecule has 0 spiro atoms. The number of benzene rings is 1. The number of nitrogens with zero attached hydrogens (tertiary/aromatic N) is 1. The first-order valence-corrected chi connectivity index (χ1v) is 7.01. The molecule has 1 heterocycles. The van der Waals surface area contributed by atoms with Crippen LogP contribution in [0.1, 0.15) is 12.8 Å². The Labute approximate surface area is 102 Å². The molecule has 1 saturated heterocycles. The van der Waals surface area contributed by atoms with Crippen LogP contribution in [-0.4, -0.2) is 44.8 Å². The molecule has 0 N–H and O–H groups in total. The average molecular weight is 284 g/mol. The molecular weight excluding hydrogens is 269 g/mol. The van der Waals surface area contributed by atoms with Crippen LogP contribution in [0.25, 0.3) is 0 Å². The topological polar surface area (TPSA) is 29.5 Å². The summed E-state index contributed by atoms with van der Waals surface area (Å²) in [7, 11) is 1.47. The Morgan fingerprint density at radius 1 is 1.44 bits per heavy atom. The molecule has 1 aromatic carbocycles. The van der Waals surface area contributed by atoms with E-state index >= 15 is 0 Å². The molecule has 1 atom stereocenters. The van der Waals surface area contributed by atoms with E-state index in [0.717, 1.165) is 19.4 Å². The number of rotatable bonds is 3. The van der Waals surface area contributed by atoms with E-state index in [9.17, 15) is 4.79 Å². The summed E-state index contributed by atoms with van der Waals surface area (Å²) in [5, 5.41) is 0. The van der Waals surface area contributed by atoms with Crippen LogP contribution < -0.4 is 4.46 Å². The van der Waals surface area contributed by atoms with Crippen LogP contribution in [0.4, 0.5) is 0 Å². The van der Waals surface area contributed by atoms with E-state index in [1.54, 1.807) is 0 Å². The van der Waals surface area contributed by atoms with Crippen molar-refractivity contribution in [3.63, 3.8) is 0 Å². The van der Waals surface area contributed by atoms with Crippen molar-refractivity contribution in [2.24, 2.45) is 0 Å². The SMILES string of the molecule is COC(=O)[C@@H]1CCCN1[Se]c1ccccc1. The van der Waals surface area contributed by atoms with Gasteiger partial charge in [-0.2, -0.15) is 0 Å². The van der Waals surface area contributed by atoms with Gasteiger partial charge in [0.2, 0.25) is 0 Å². The Morgan fingerprint density at radius 3 is 2.88 bits per heavy atom. The third-order valence-corrected chi connectivity index (χ3v) is 5.07. The molecule has 0 radical (unpaired) electrons. The van der Waals surface area contributed by atoms with Crippen molar-refractivity contribution in [1.29, 1.82) is 0 Å². The maximum atomic E-state index is 11.6. The van der Waals surface area contributed by atoms with Crippen LogP contribution >= 0.6 is 0 Å². The molecule has 0 aromatic heterocycles. The van der Waals surface area contributed by atoms with Gasteiger partial charge in [0.1, 0.15) is 0 Å². The molecule has 1 fully saturated rings. The quantitative estimate of drug-likeness (QED) is 0.600. The van der Waals surface area contributed by atoms with E-state index in [0.29, 0.717) is 0 Å². The van der Waals surface area contributed by atoms with E-state index in [1.807, 2.05) is 18.2 Å². The van der Waals surface area contributed by atoms with Gasteiger partial charge in [0.15, 0.2) is 0 Å². The first kappa shape index (κ1) is 11.6. The zero-order chi connectivity index (χ0) is 11.4. The molecule has 4 heteroatoms. The van der Waals surface area contributed by atoms with Crippen molar-refractivity contribution in [3.8, 4) is 0 Å². The van der Waals surface area contributed by atoms with Crippen molar-refractivity contribution in [2.45, 2.75) is 18.9 Å². The van der Waals surface area contributed by atoms with Gasteiger partial charge >= 0.3 is 102 Å². The van der Waals surface area contributed by atoms with Crippen molar-refractivity contribution in [1.82, 2.24) is 3.92 Å². The molecule has 0 bridgehead atoms. The molecular formula is C12H15NO2Se. The summed E-state index contributed by atoms with van der Waals surface area (Å²) in [5.41, 5.74) is 0. The number of carbonyl (C=O) groups excluding carboxylic acids is 1. The number of carbonyl (C=O) groups is 1. The summed E-state index contributed by atoms with van der Waals surface area (Å²) in [6.07, 6.45) is 2.02. The molecule has 1 aliphatic heterocycles. The Bertz CT molecular complexity index is 355. The van der Waals surface area contributed by atoms with Crippen LogP contribution in [-0.2, 0) is 9.53 Å². The van der Waals surface area contributed by atoms with Gasteiger partial charge in [-0.1, -0.05) is 0 Å². The van der Waals surface area contributed by atoms with E-state index in [-0.39, 0.29) is 27.2 Å². The monoisotopic (exact) mass is 285 g/mol. The van der Waals surface area contributed by atoms with E-state index in [2.05, 4.69) is 16.0 Å². The molecule has 16 heavy (non-hydrogen) atoms. The van der Waals surface area contributed by atoms with Gasteiger partial charge in [0.25, 0.3) is 0 Å². The second-order valence-electron chi connectivity index (χ2n) is 3.73. The van der Waals surface area contributed by atoms with Gasteiger partial charge in [0.05, 0.1) is 0 Å². The molecule has 3 nitrogen and oxygen atoms in total. The Kier molecular flexibility index (Phi) is 3.99. The summed E-state index contributed by atoms with van der Waals surface area (Å²) < 4.78 is 8.40. The molecule has 1 aromatic rings. The predicted molar refractivity (Wildman–Crippen MR) is 63.6 cm³/mol. The molecule has 0 unspecified atom stereocenters. The fraction of sp³-hybridized carbons (Fsp3) is 0.417. The van der Waals surface area contributed by atoms with Crippen LogP contribution in [0, 0.1) is 0 Å². The standard InChI is InChI=1S/C12H15NO2Se/c1-15-12(14)11-8-5-9-13(11)16-10-6-3-2-4-7-10/h2-4,6-7,11H,5,8-9H2,1H3/t11-/m0/s1. The van der Waals surface area contributed by atoms with Gasteiger partial charge in [-0.25, -0.2) is 0 Å². The van der Waals surface area contributed by atoms with Crippen LogP contribution in [0.5, 0.6) is 0 Å². The summed E-state index contributed by atoms with van der Waals surface area (Å²) in [4.78, 5) is 11.6. The van der Waals surface area contributed by atoms with Gasteiger partial charge < -0.3 is 0 Å². The zero-order valence-electron chi connectivity index (χ0n) is 9.26. The Morgan fingerprint density at radius 2 is 2.19 bits per heavy atom. The predicted octanol–water partition coefficient (Wildman–Crippen LogP) is 0.568.